The van der Waals surface area contributed by atoms with Gasteiger partial charge in [0.25, 0.3) is 0 Å². The van der Waals surface area contributed by atoms with Crippen molar-refractivity contribution in [3.63, 3.8) is 0 Å². The Morgan fingerprint density at radius 1 is 1.17 bits per heavy atom. The number of nitro groups is 1. The lowest BCUT2D eigenvalue weighted by Crippen LogP contribution is -2.48. The SMILES string of the molecule is Cc1nn(C)c(N2CCN(CC3CCCCC3)CC2)c1[N+](=O)[O-]. The molecule has 7 heteroatoms. The molecule has 1 aliphatic carbocycles. The number of hydrogen-bond donors (Lipinski definition) is 0. The van der Waals surface area contributed by atoms with Crippen LogP contribution in [0.3, 0.4) is 0 Å². The quantitative estimate of drug-likeness (QED) is 0.629. The maximum absolute atomic E-state index is 11.3. The van der Waals surface area contributed by atoms with Crippen LogP contribution >= 0.6 is 0 Å². The monoisotopic (exact) mass is 321 g/mol. The van der Waals surface area contributed by atoms with Crippen LogP contribution in [0.1, 0.15) is 37.8 Å². The molecule has 0 atom stereocenters. The predicted octanol–water partition coefficient (Wildman–Crippen LogP) is 2.34. The molecule has 23 heavy (non-hydrogen) atoms. The normalized spacial score (nSPS) is 20.9. The molecule has 0 bridgehead atoms. The van der Waals surface area contributed by atoms with Crippen molar-refractivity contribution >= 4 is 11.5 Å². The number of aryl methyl sites for hydroxylation is 2. The summed E-state index contributed by atoms with van der Waals surface area (Å²) in [6.45, 7) is 6.55. The number of piperazine rings is 1. The van der Waals surface area contributed by atoms with Crippen LogP contribution < -0.4 is 4.90 Å². The molecule has 2 heterocycles. The van der Waals surface area contributed by atoms with Crippen molar-refractivity contribution in [2.75, 3.05) is 37.6 Å². The van der Waals surface area contributed by atoms with E-state index in [0.29, 0.717) is 11.5 Å². The summed E-state index contributed by atoms with van der Waals surface area (Å²) in [5.74, 6) is 1.51. The molecule has 1 saturated carbocycles. The molecule has 0 radical (unpaired) electrons. The van der Waals surface area contributed by atoms with Gasteiger partial charge in [-0.1, -0.05) is 19.3 Å². The van der Waals surface area contributed by atoms with Gasteiger partial charge in [0, 0.05) is 39.8 Å². The smallest absolute Gasteiger partial charge is 0.333 e. The molecule has 128 valence electrons. The molecule has 0 N–H and O–H groups in total. The van der Waals surface area contributed by atoms with E-state index in [1.807, 2.05) is 0 Å². The lowest BCUT2D eigenvalue weighted by molar-refractivity contribution is -0.384. The molecule has 0 unspecified atom stereocenters. The third-order valence-corrected chi connectivity index (χ3v) is 5.26. The molecule has 1 aromatic rings. The lowest BCUT2D eigenvalue weighted by Gasteiger charge is -2.37. The van der Waals surface area contributed by atoms with E-state index in [1.54, 1.807) is 18.7 Å². The van der Waals surface area contributed by atoms with Crippen LogP contribution in [-0.2, 0) is 7.05 Å². The summed E-state index contributed by atoms with van der Waals surface area (Å²) in [5.41, 5.74) is 0.658. The van der Waals surface area contributed by atoms with Gasteiger partial charge in [0.15, 0.2) is 0 Å². The average molecular weight is 321 g/mol. The van der Waals surface area contributed by atoms with Gasteiger partial charge in [-0.15, -0.1) is 0 Å². The highest BCUT2D eigenvalue weighted by Gasteiger charge is 2.30. The Bertz CT molecular complexity index is 557. The maximum Gasteiger partial charge on any atom is 0.333 e. The zero-order valence-corrected chi connectivity index (χ0v) is 14.2. The first-order chi connectivity index (χ1) is 11.1. The Labute approximate surface area is 137 Å². The predicted molar refractivity (Wildman–Crippen MR) is 89.8 cm³/mol. The van der Waals surface area contributed by atoms with Crippen molar-refractivity contribution in [1.82, 2.24) is 14.7 Å². The van der Waals surface area contributed by atoms with E-state index >= 15 is 0 Å². The number of nitrogens with zero attached hydrogens (tertiary/aromatic N) is 5. The van der Waals surface area contributed by atoms with Crippen LogP contribution in [0, 0.1) is 23.0 Å². The van der Waals surface area contributed by atoms with E-state index < -0.39 is 0 Å². The van der Waals surface area contributed by atoms with Crippen LogP contribution in [0.15, 0.2) is 0 Å². The molecule has 0 aromatic carbocycles. The molecular formula is C16H27N5O2. The maximum atomic E-state index is 11.3. The molecule has 0 amide bonds. The summed E-state index contributed by atoms with van der Waals surface area (Å²) >= 11 is 0. The van der Waals surface area contributed by atoms with Gasteiger partial charge >= 0.3 is 5.69 Å². The van der Waals surface area contributed by atoms with Gasteiger partial charge in [0.1, 0.15) is 5.69 Å². The zero-order chi connectivity index (χ0) is 16.4. The Balaban J connectivity index is 1.62. The fraction of sp³-hybridized carbons (Fsp3) is 0.812. The summed E-state index contributed by atoms with van der Waals surface area (Å²) in [7, 11) is 1.80. The highest BCUT2D eigenvalue weighted by atomic mass is 16.6. The zero-order valence-electron chi connectivity index (χ0n) is 14.2. The molecule has 1 aliphatic heterocycles. The summed E-state index contributed by atoms with van der Waals surface area (Å²) in [5, 5.41) is 15.6. The Kier molecular flexibility index (Phi) is 4.84. The fourth-order valence-electron chi connectivity index (χ4n) is 4.08. The van der Waals surface area contributed by atoms with Crippen molar-refractivity contribution in [3.8, 4) is 0 Å². The summed E-state index contributed by atoms with van der Waals surface area (Å²) in [4.78, 5) is 15.7. The number of hydrogen-bond acceptors (Lipinski definition) is 5. The summed E-state index contributed by atoms with van der Waals surface area (Å²) < 4.78 is 1.66. The second-order valence-corrected chi connectivity index (χ2v) is 6.93. The Morgan fingerprint density at radius 2 is 1.83 bits per heavy atom. The van der Waals surface area contributed by atoms with Crippen molar-refractivity contribution < 1.29 is 4.92 Å². The van der Waals surface area contributed by atoms with Gasteiger partial charge < -0.3 is 4.90 Å². The second kappa shape index (κ2) is 6.86. The first-order valence-corrected chi connectivity index (χ1v) is 8.71. The highest BCUT2D eigenvalue weighted by Crippen LogP contribution is 2.32. The number of anilines is 1. The van der Waals surface area contributed by atoms with Crippen molar-refractivity contribution in [2.45, 2.75) is 39.0 Å². The average Bonchev–Trinajstić information content (AvgIpc) is 2.83. The van der Waals surface area contributed by atoms with E-state index in [4.69, 9.17) is 0 Å². The van der Waals surface area contributed by atoms with Crippen LogP contribution in [0.2, 0.25) is 0 Å². The van der Waals surface area contributed by atoms with Crippen molar-refractivity contribution in [3.05, 3.63) is 15.8 Å². The fourth-order valence-corrected chi connectivity index (χ4v) is 4.08. The van der Waals surface area contributed by atoms with E-state index in [0.717, 1.165) is 32.1 Å². The van der Waals surface area contributed by atoms with Gasteiger partial charge in [-0.2, -0.15) is 5.10 Å². The van der Waals surface area contributed by atoms with Crippen LogP contribution in [0.25, 0.3) is 0 Å². The minimum atomic E-state index is -0.300. The first-order valence-electron chi connectivity index (χ1n) is 8.71. The van der Waals surface area contributed by atoms with Crippen LogP contribution in [-0.4, -0.2) is 52.3 Å². The van der Waals surface area contributed by atoms with E-state index in [2.05, 4.69) is 14.9 Å². The molecule has 3 rings (SSSR count). The van der Waals surface area contributed by atoms with Crippen LogP contribution in [0.5, 0.6) is 0 Å². The highest BCUT2D eigenvalue weighted by molar-refractivity contribution is 5.61. The van der Waals surface area contributed by atoms with Gasteiger partial charge in [-0.3, -0.25) is 15.0 Å². The lowest BCUT2D eigenvalue weighted by atomic mass is 9.89. The molecular weight excluding hydrogens is 294 g/mol. The molecule has 1 aromatic heterocycles. The van der Waals surface area contributed by atoms with E-state index in [9.17, 15) is 10.1 Å². The molecule has 2 aliphatic rings. The second-order valence-electron chi connectivity index (χ2n) is 6.93. The largest absolute Gasteiger partial charge is 0.349 e. The van der Waals surface area contributed by atoms with Crippen molar-refractivity contribution in [2.24, 2.45) is 13.0 Å². The third kappa shape index (κ3) is 3.49. The summed E-state index contributed by atoms with van der Waals surface area (Å²) in [6.07, 6.45) is 6.89. The topological polar surface area (TPSA) is 67.4 Å². The van der Waals surface area contributed by atoms with E-state index in [-0.39, 0.29) is 10.6 Å². The molecule has 7 nitrogen and oxygen atoms in total. The van der Waals surface area contributed by atoms with Crippen molar-refractivity contribution in [1.29, 1.82) is 0 Å². The summed E-state index contributed by atoms with van der Waals surface area (Å²) in [6, 6.07) is 0. The van der Waals surface area contributed by atoms with Gasteiger partial charge in [0.05, 0.1) is 4.92 Å². The third-order valence-electron chi connectivity index (χ3n) is 5.26. The molecule has 0 spiro atoms. The van der Waals surface area contributed by atoms with Gasteiger partial charge in [0.2, 0.25) is 5.82 Å². The van der Waals surface area contributed by atoms with Crippen LogP contribution in [0.4, 0.5) is 11.5 Å². The minimum Gasteiger partial charge on any atom is -0.349 e. The number of rotatable bonds is 4. The molecule has 1 saturated heterocycles. The van der Waals surface area contributed by atoms with Gasteiger partial charge in [-0.25, -0.2) is 4.68 Å². The Morgan fingerprint density at radius 3 is 2.43 bits per heavy atom. The van der Waals surface area contributed by atoms with E-state index in [1.165, 1.54) is 38.6 Å². The molecule has 2 fully saturated rings. The van der Waals surface area contributed by atoms with Gasteiger partial charge in [-0.05, 0) is 25.7 Å². The standard InChI is InChI=1S/C16H27N5O2/c1-13-15(21(22)23)16(18(2)17-13)20-10-8-19(9-11-20)12-14-6-4-3-5-7-14/h14H,3-12H2,1-2H3. The minimum absolute atomic E-state index is 0.160. The first kappa shape index (κ1) is 16.2. The number of aromatic nitrogens is 2. The Hall–Kier alpha value is -1.63.